The summed E-state index contributed by atoms with van der Waals surface area (Å²) in [5.41, 5.74) is 2.45. The summed E-state index contributed by atoms with van der Waals surface area (Å²) in [4.78, 5) is 14.0. The summed E-state index contributed by atoms with van der Waals surface area (Å²) in [5.74, 6) is 0.667. The van der Waals surface area contributed by atoms with E-state index in [1.165, 1.54) is 0 Å². The molecule has 8 nitrogen and oxygen atoms in total. The first-order valence-corrected chi connectivity index (χ1v) is 10.9. The van der Waals surface area contributed by atoms with Crippen LogP contribution in [0.25, 0.3) is 20.8 Å². The molecule has 0 saturated heterocycles. The molecule has 30 heavy (non-hydrogen) atoms. The highest BCUT2D eigenvalue weighted by Gasteiger charge is 2.41. The molecule has 4 rings (SSSR count). The van der Waals surface area contributed by atoms with E-state index in [0.29, 0.717) is 18.2 Å². The smallest absolute Gasteiger partial charge is 0.225 e. The van der Waals surface area contributed by atoms with Crippen LogP contribution in [0.4, 0.5) is 11.8 Å². The molecule has 160 valence electrons. The summed E-state index contributed by atoms with van der Waals surface area (Å²) in [5, 5.41) is 37.5. The fourth-order valence-electron chi connectivity index (χ4n) is 3.86. The van der Waals surface area contributed by atoms with Crippen LogP contribution in [-0.4, -0.2) is 61.2 Å². The number of aromatic nitrogens is 3. The minimum absolute atomic E-state index is 0.156. The number of thiazole rings is 1. The van der Waals surface area contributed by atoms with Crippen LogP contribution in [-0.2, 0) is 0 Å². The van der Waals surface area contributed by atoms with Crippen molar-refractivity contribution >= 4 is 33.3 Å². The topological polar surface area (TPSA) is 123 Å². The molecule has 0 aliphatic heterocycles. The van der Waals surface area contributed by atoms with E-state index in [9.17, 15) is 15.3 Å². The van der Waals surface area contributed by atoms with Crippen LogP contribution in [0, 0.1) is 12.8 Å². The van der Waals surface area contributed by atoms with Crippen LogP contribution in [0.1, 0.15) is 26.0 Å². The molecule has 0 unspecified atom stereocenters. The molecule has 1 aliphatic carbocycles. The number of nitrogens with one attached hydrogen (secondary N) is 2. The predicted octanol–water partition coefficient (Wildman–Crippen LogP) is 2.40. The molecule has 3 aromatic rings. The molecule has 2 heterocycles. The molecule has 5 N–H and O–H groups in total. The Bertz CT molecular complexity index is 1010. The third-order valence-electron chi connectivity index (χ3n) is 5.37. The van der Waals surface area contributed by atoms with E-state index in [1.807, 2.05) is 45.0 Å². The van der Waals surface area contributed by atoms with Crippen molar-refractivity contribution in [3.8, 4) is 10.6 Å². The number of anilines is 2. The van der Waals surface area contributed by atoms with E-state index in [-0.39, 0.29) is 18.6 Å². The summed E-state index contributed by atoms with van der Waals surface area (Å²) >= 11 is 1.56. The maximum atomic E-state index is 10.5. The second-order valence-corrected chi connectivity index (χ2v) is 9.08. The molecular formula is C21H27N5O3S. The van der Waals surface area contributed by atoms with Crippen LogP contribution in [0.5, 0.6) is 0 Å². The molecule has 1 aromatic carbocycles. The Morgan fingerprint density at radius 3 is 2.57 bits per heavy atom. The van der Waals surface area contributed by atoms with Gasteiger partial charge in [-0.3, -0.25) is 0 Å². The van der Waals surface area contributed by atoms with E-state index < -0.39 is 18.2 Å². The van der Waals surface area contributed by atoms with E-state index in [0.717, 1.165) is 26.5 Å². The van der Waals surface area contributed by atoms with Gasteiger partial charge in [-0.15, -0.1) is 11.3 Å². The van der Waals surface area contributed by atoms with Crippen LogP contribution < -0.4 is 10.6 Å². The van der Waals surface area contributed by atoms with Crippen molar-refractivity contribution in [1.82, 2.24) is 15.0 Å². The van der Waals surface area contributed by atoms with Gasteiger partial charge in [0.15, 0.2) is 0 Å². The van der Waals surface area contributed by atoms with Crippen molar-refractivity contribution in [3.63, 3.8) is 0 Å². The van der Waals surface area contributed by atoms with Crippen LogP contribution in [0.2, 0.25) is 0 Å². The molecule has 0 spiro atoms. The summed E-state index contributed by atoms with van der Waals surface area (Å²) < 4.78 is 1.07. The monoisotopic (exact) mass is 429 g/mol. The lowest BCUT2D eigenvalue weighted by atomic mass is 10.1. The third kappa shape index (κ3) is 3.98. The van der Waals surface area contributed by atoms with Gasteiger partial charge < -0.3 is 26.0 Å². The first kappa shape index (κ1) is 20.9. The fourth-order valence-corrected chi connectivity index (χ4v) is 4.92. The quantitative estimate of drug-likeness (QED) is 0.405. The Kier molecular flexibility index (Phi) is 5.88. The number of nitrogens with zero attached hydrogens (tertiary/aromatic N) is 3. The molecule has 2 aromatic heterocycles. The molecule has 1 aliphatic rings. The van der Waals surface area contributed by atoms with Gasteiger partial charge in [-0.1, -0.05) is 12.1 Å². The molecular weight excluding hydrogens is 402 g/mol. The Hall–Kier alpha value is -2.33. The fraction of sp³-hybridized carbons (Fsp3) is 0.476. The summed E-state index contributed by atoms with van der Waals surface area (Å²) in [6, 6.07) is 7.64. The van der Waals surface area contributed by atoms with Gasteiger partial charge >= 0.3 is 0 Å². The molecule has 4 atom stereocenters. The number of aliphatic hydroxyl groups is 3. The maximum Gasteiger partial charge on any atom is 0.225 e. The van der Waals surface area contributed by atoms with Crippen LogP contribution in [0.15, 0.2) is 24.3 Å². The summed E-state index contributed by atoms with van der Waals surface area (Å²) in [6.07, 6.45) is -1.54. The number of fused-ring (bicyclic) bond motifs is 1. The lowest BCUT2D eigenvalue weighted by Crippen LogP contribution is -2.35. The lowest BCUT2D eigenvalue weighted by Gasteiger charge is -2.21. The Morgan fingerprint density at radius 1 is 1.13 bits per heavy atom. The van der Waals surface area contributed by atoms with Gasteiger partial charge in [-0.2, -0.15) is 4.98 Å². The molecule has 0 amide bonds. The van der Waals surface area contributed by atoms with Crippen molar-refractivity contribution in [2.24, 2.45) is 5.92 Å². The molecule has 9 heteroatoms. The number of aliphatic hydroxyl groups excluding tert-OH is 3. The lowest BCUT2D eigenvalue weighted by molar-refractivity contribution is 0.00446. The first-order chi connectivity index (χ1) is 14.4. The van der Waals surface area contributed by atoms with Gasteiger partial charge in [-0.05, 0) is 39.3 Å². The largest absolute Gasteiger partial charge is 0.396 e. The van der Waals surface area contributed by atoms with E-state index in [1.54, 1.807) is 11.3 Å². The van der Waals surface area contributed by atoms with Crippen molar-refractivity contribution in [3.05, 3.63) is 30.0 Å². The van der Waals surface area contributed by atoms with Crippen molar-refractivity contribution in [1.29, 1.82) is 0 Å². The highest BCUT2D eigenvalue weighted by molar-refractivity contribution is 7.21. The minimum atomic E-state index is -0.998. The molecule has 0 bridgehead atoms. The Balaban J connectivity index is 1.77. The maximum absolute atomic E-state index is 10.5. The zero-order valence-corrected chi connectivity index (χ0v) is 18.0. The first-order valence-electron chi connectivity index (χ1n) is 10.1. The predicted molar refractivity (Wildman–Crippen MR) is 119 cm³/mol. The second kappa shape index (κ2) is 8.43. The zero-order valence-electron chi connectivity index (χ0n) is 17.2. The van der Waals surface area contributed by atoms with E-state index in [4.69, 9.17) is 4.98 Å². The van der Waals surface area contributed by atoms with Crippen molar-refractivity contribution in [2.75, 3.05) is 17.2 Å². The van der Waals surface area contributed by atoms with Crippen molar-refractivity contribution < 1.29 is 15.3 Å². The van der Waals surface area contributed by atoms with Gasteiger partial charge in [0.05, 0.1) is 33.6 Å². The van der Waals surface area contributed by atoms with Gasteiger partial charge in [0.1, 0.15) is 16.9 Å². The second-order valence-electron chi connectivity index (χ2n) is 8.05. The summed E-state index contributed by atoms with van der Waals surface area (Å²) in [7, 11) is 0. The summed E-state index contributed by atoms with van der Waals surface area (Å²) in [6.45, 7) is 5.76. The molecule has 0 radical (unpaired) electrons. The highest BCUT2D eigenvalue weighted by Crippen LogP contribution is 2.38. The number of hydrogen-bond acceptors (Lipinski definition) is 9. The standard InChI is InChI=1S/C21H27N5O3S/c1-10(2)22-21-23-11(3)16(20-25-13-6-4-5-7-15(13)30-20)19(26-21)24-14-8-12(9-27)17(28)18(14)29/h4-7,10,12,14,17-18,27-29H,8-9H2,1-3H3,(H2,22,23,24,26)/t12-,14-,17-,18+/m1/s1. The zero-order chi connectivity index (χ0) is 21.4. The Morgan fingerprint density at radius 2 is 1.90 bits per heavy atom. The van der Waals surface area contributed by atoms with E-state index >= 15 is 0 Å². The van der Waals surface area contributed by atoms with Crippen LogP contribution >= 0.6 is 11.3 Å². The van der Waals surface area contributed by atoms with Gasteiger partial charge in [0.2, 0.25) is 5.95 Å². The molecule has 1 fully saturated rings. The number of benzene rings is 1. The van der Waals surface area contributed by atoms with Crippen LogP contribution in [0.3, 0.4) is 0 Å². The average molecular weight is 430 g/mol. The average Bonchev–Trinajstić information content (AvgIpc) is 3.23. The SMILES string of the molecule is Cc1nc(NC(C)C)nc(N[C@@H]2C[C@H](CO)[C@@H](O)[C@H]2O)c1-c1nc2ccccc2s1. The van der Waals surface area contributed by atoms with Crippen molar-refractivity contribution in [2.45, 2.75) is 51.5 Å². The highest BCUT2D eigenvalue weighted by atomic mass is 32.1. The van der Waals surface area contributed by atoms with E-state index in [2.05, 4.69) is 20.6 Å². The third-order valence-corrected chi connectivity index (χ3v) is 6.43. The number of para-hydroxylation sites is 1. The van der Waals surface area contributed by atoms with Gasteiger partial charge in [-0.25, -0.2) is 9.97 Å². The minimum Gasteiger partial charge on any atom is -0.396 e. The normalized spacial score (nSPS) is 24.0. The number of rotatable bonds is 6. The van der Waals surface area contributed by atoms with Gasteiger partial charge in [0, 0.05) is 18.6 Å². The van der Waals surface area contributed by atoms with Gasteiger partial charge in [0.25, 0.3) is 0 Å². The number of hydrogen-bond donors (Lipinski definition) is 5. The molecule has 1 saturated carbocycles. The number of aryl methyl sites for hydroxylation is 1. The Labute approximate surface area is 179 Å².